The Labute approximate surface area is 124 Å². The minimum absolute atomic E-state index is 0.136. The molecule has 0 fully saturated rings. The molecule has 3 N–H and O–H groups in total. The van der Waals surface area contributed by atoms with Gasteiger partial charge >= 0.3 is 0 Å². The second kappa shape index (κ2) is 5.66. The van der Waals surface area contributed by atoms with Gasteiger partial charge in [0.1, 0.15) is 0 Å². The fraction of sp³-hybridized carbons (Fsp3) is 0.294. The molecule has 3 rings (SSSR count). The standard InChI is InChI=1S/C17H20N2O2/c1-20-15-7-6-13-14(17(15)21-2)8-9-19-16(13)11-4-3-5-12(18)10-11/h3-7,10,16,19H,8-9,18H2,1-2H3. The summed E-state index contributed by atoms with van der Waals surface area (Å²) >= 11 is 0. The SMILES string of the molecule is COc1ccc2c(c1OC)CCNC2c1cccc(N)c1. The number of methoxy groups -OCH3 is 2. The van der Waals surface area contributed by atoms with Crippen molar-refractivity contribution in [3.63, 3.8) is 0 Å². The highest BCUT2D eigenvalue weighted by Crippen LogP contribution is 2.39. The summed E-state index contributed by atoms with van der Waals surface area (Å²) in [5, 5.41) is 3.56. The molecule has 4 nitrogen and oxygen atoms in total. The fourth-order valence-electron chi connectivity index (χ4n) is 3.02. The number of benzene rings is 2. The quantitative estimate of drug-likeness (QED) is 0.850. The van der Waals surface area contributed by atoms with Crippen LogP contribution in [0.5, 0.6) is 11.5 Å². The van der Waals surface area contributed by atoms with Crippen molar-refractivity contribution in [1.82, 2.24) is 5.32 Å². The Balaban J connectivity index is 2.10. The second-order valence-corrected chi connectivity index (χ2v) is 5.18. The van der Waals surface area contributed by atoms with E-state index in [2.05, 4.69) is 17.4 Å². The molecule has 1 unspecified atom stereocenters. The van der Waals surface area contributed by atoms with Crippen molar-refractivity contribution in [3.8, 4) is 11.5 Å². The van der Waals surface area contributed by atoms with Crippen molar-refractivity contribution in [1.29, 1.82) is 0 Å². The molecule has 1 heterocycles. The largest absolute Gasteiger partial charge is 0.493 e. The highest BCUT2D eigenvalue weighted by atomic mass is 16.5. The third-order valence-electron chi connectivity index (χ3n) is 3.96. The van der Waals surface area contributed by atoms with Crippen molar-refractivity contribution in [2.24, 2.45) is 0 Å². The topological polar surface area (TPSA) is 56.5 Å². The minimum Gasteiger partial charge on any atom is -0.493 e. The lowest BCUT2D eigenvalue weighted by Gasteiger charge is -2.29. The minimum atomic E-state index is 0.136. The number of hydrogen-bond donors (Lipinski definition) is 2. The van der Waals surface area contributed by atoms with Crippen LogP contribution in [0.15, 0.2) is 36.4 Å². The van der Waals surface area contributed by atoms with E-state index in [-0.39, 0.29) is 6.04 Å². The normalized spacial score (nSPS) is 17.1. The molecule has 0 aromatic heterocycles. The zero-order chi connectivity index (χ0) is 14.8. The first-order chi connectivity index (χ1) is 10.2. The number of rotatable bonds is 3. The average molecular weight is 284 g/mol. The summed E-state index contributed by atoms with van der Waals surface area (Å²) in [5.41, 5.74) is 10.3. The summed E-state index contributed by atoms with van der Waals surface area (Å²) in [5.74, 6) is 1.62. The molecule has 1 aliphatic rings. The monoisotopic (exact) mass is 284 g/mol. The van der Waals surface area contributed by atoms with Crippen LogP contribution in [-0.4, -0.2) is 20.8 Å². The summed E-state index contributed by atoms with van der Waals surface area (Å²) in [6.45, 7) is 0.899. The molecular weight excluding hydrogens is 264 g/mol. The summed E-state index contributed by atoms with van der Waals surface area (Å²) in [4.78, 5) is 0. The molecule has 0 saturated heterocycles. The Morgan fingerprint density at radius 2 is 2.00 bits per heavy atom. The molecule has 0 bridgehead atoms. The number of ether oxygens (including phenoxy) is 2. The van der Waals surface area contributed by atoms with Crippen LogP contribution in [0, 0.1) is 0 Å². The predicted octanol–water partition coefficient (Wildman–Crippen LogP) is 2.52. The number of fused-ring (bicyclic) bond motifs is 1. The van der Waals surface area contributed by atoms with Gasteiger partial charge in [-0.05, 0) is 35.7 Å². The maximum absolute atomic E-state index is 5.91. The first-order valence-corrected chi connectivity index (χ1v) is 7.07. The third kappa shape index (κ3) is 2.43. The molecule has 21 heavy (non-hydrogen) atoms. The van der Waals surface area contributed by atoms with Gasteiger partial charge < -0.3 is 20.5 Å². The molecule has 2 aromatic rings. The molecule has 0 amide bonds. The number of nitrogens with one attached hydrogen (secondary N) is 1. The van der Waals surface area contributed by atoms with Crippen molar-refractivity contribution < 1.29 is 9.47 Å². The van der Waals surface area contributed by atoms with Gasteiger partial charge in [0.15, 0.2) is 11.5 Å². The Morgan fingerprint density at radius 1 is 1.14 bits per heavy atom. The van der Waals surface area contributed by atoms with Gasteiger partial charge in [0.05, 0.1) is 20.3 Å². The Kier molecular flexibility index (Phi) is 3.71. The van der Waals surface area contributed by atoms with Gasteiger partial charge in [-0.3, -0.25) is 0 Å². The van der Waals surface area contributed by atoms with Crippen LogP contribution in [0.3, 0.4) is 0 Å². The highest BCUT2D eigenvalue weighted by Gasteiger charge is 2.25. The van der Waals surface area contributed by atoms with E-state index < -0.39 is 0 Å². The molecular formula is C17H20N2O2. The molecule has 0 radical (unpaired) electrons. The van der Waals surface area contributed by atoms with Crippen LogP contribution < -0.4 is 20.5 Å². The van der Waals surface area contributed by atoms with Crippen LogP contribution in [0.25, 0.3) is 0 Å². The van der Waals surface area contributed by atoms with Crippen LogP contribution in [0.1, 0.15) is 22.7 Å². The van der Waals surface area contributed by atoms with Crippen LogP contribution in [0.4, 0.5) is 5.69 Å². The van der Waals surface area contributed by atoms with Gasteiger partial charge in [-0.25, -0.2) is 0 Å². The second-order valence-electron chi connectivity index (χ2n) is 5.18. The van der Waals surface area contributed by atoms with Gasteiger partial charge in [0.25, 0.3) is 0 Å². The summed E-state index contributed by atoms with van der Waals surface area (Å²) in [6.07, 6.45) is 0.925. The first kappa shape index (κ1) is 13.8. The Bertz CT molecular complexity index is 655. The molecule has 1 aliphatic heterocycles. The Hall–Kier alpha value is -2.20. The van der Waals surface area contributed by atoms with Gasteiger partial charge in [-0.15, -0.1) is 0 Å². The third-order valence-corrected chi connectivity index (χ3v) is 3.96. The van der Waals surface area contributed by atoms with E-state index in [9.17, 15) is 0 Å². The lowest BCUT2D eigenvalue weighted by molar-refractivity contribution is 0.348. The van der Waals surface area contributed by atoms with E-state index in [0.29, 0.717) is 0 Å². The molecule has 0 spiro atoms. The van der Waals surface area contributed by atoms with Crippen LogP contribution in [-0.2, 0) is 6.42 Å². The van der Waals surface area contributed by atoms with E-state index in [0.717, 1.165) is 30.2 Å². The van der Waals surface area contributed by atoms with Crippen molar-refractivity contribution in [3.05, 3.63) is 53.1 Å². The van der Waals surface area contributed by atoms with Gasteiger partial charge in [0, 0.05) is 17.8 Å². The lowest BCUT2D eigenvalue weighted by Crippen LogP contribution is -2.31. The summed E-state index contributed by atoms with van der Waals surface area (Å²) in [7, 11) is 3.36. The number of anilines is 1. The van der Waals surface area contributed by atoms with E-state index in [1.165, 1.54) is 16.7 Å². The lowest BCUT2D eigenvalue weighted by atomic mass is 9.89. The smallest absolute Gasteiger partial charge is 0.164 e. The molecule has 4 heteroatoms. The van der Waals surface area contributed by atoms with E-state index >= 15 is 0 Å². The Morgan fingerprint density at radius 3 is 2.71 bits per heavy atom. The maximum Gasteiger partial charge on any atom is 0.164 e. The maximum atomic E-state index is 5.91. The van der Waals surface area contributed by atoms with Crippen molar-refractivity contribution in [2.45, 2.75) is 12.5 Å². The van der Waals surface area contributed by atoms with E-state index in [1.54, 1.807) is 14.2 Å². The summed E-state index contributed by atoms with van der Waals surface area (Å²) < 4.78 is 11.0. The molecule has 0 aliphatic carbocycles. The zero-order valence-electron chi connectivity index (χ0n) is 12.3. The number of hydrogen-bond acceptors (Lipinski definition) is 4. The van der Waals surface area contributed by atoms with Crippen molar-refractivity contribution >= 4 is 5.69 Å². The molecule has 1 atom stereocenters. The fourth-order valence-corrected chi connectivity index (χ4v) is 3.02. The number of nitrogens with two attached hydrogens (primary N) is 1. The van der Waals surface area contributed by atoms with Crippen LogP contribution in [0.2, 0.25) is 0 Å². The zero-order valence-corrected chi connectivity index (χ0v) is 12.3. The van der Waals surface area contributed by atoms with E-state index in [1.807, 2.05) is 24.3 Å². The molecule has 2 aromatic carbocycles. The summed E-state index contributed by atoms with van der Waals surface area (Å²) in [6, 6.07) is 12.2. The van der Waals surface area contributed by atoms with E-state index in [4.69, 9.17) is 15.2 Å². The van der Waals surface area contributed by atoms with Crippen molar-refractivity contribution in [2.75, 3.05) is 26.5 Å². The van der Waals surface area contributed by atoms with Gasteiger partial charge in [0.2, 0.25) is 0 Å². The van der Waals surface area contributed by atoms with Gasteiger partial charge in [-0.1, -0.05) is 18.2 Å². The highest BCUT2D eigenvalue weighted by molar-refractivity contribution is 5.55. The van der Waals surface area contributed by atoms with Gasteiger partial charge in [-0.2, -0.15) is 0 Å². The average Bonchev–Trinajstić information content (AvgIpc) is 2.53. The van der Waals surface area contributed by atoms with Crippen LogP contribution >= 0.6 is 0 Å². The molecule has 0 saturated carbocycles. The molecule has 110 valence electrons. The predicted molar refractivity (Wildman–Crippen MR) is 84.0 cm³/mol. The first-order valence-electron chi connectivity index (χ1n) is 7.07. The number of nitrogen functional groups attached to an aromatic ring is 1.